The van der Waals surface area contributed by atoms with Gasteiger partial charge in [-0.1, -0.05) is 0 Å². The first kappa shape index (κ1) is 16.8. The van der Waals surface area contributed by atoms with Gasteiger partial charge in [-0.25, -0.2) is 0 Å². The Kier molecular flexibility index (Phi) is 5.22. The first-order valence-corrected chi connectivity index (χ1v) is 7.37. The second-order valence-electron chi connectivity index (χ2n) is 5.64. The molecule has 1 fully saturated rings. The molecule has 23 heavy (non-hydrogen) atoms. The van der Waals surface area contributed by atoms with Crippen LogP contribution in [0.1, 0.15) is 26.7 Å². The zero-order valence-electron chi connectivity index (χ0n) is 13.1. The molecule has 0 aromatic heterocycles. The van der Waals surface area contributed by atoms with Crippen LogP contribution in [0.4, 0.5) is 17.1 Å². The zero-order chi connectivity index (χ0) is 17.0. The normalized spacial score (nSPS) is 15.5. The Balaban J connectivity index is 2.10. The number of benzene rings is 1. The quantitative estimate of drug-likeness (QED) is 0.659. The van der Waals surface area contributed by atoms with E-state index < -0.39 is 9.85 Å². The number of nitrogens with zero attached hydrogens (tertiary/aromatic N) is 4. The van der Waals surface area contributed by atoms with Gasteiger partial charge in [0, 0.05) is 43.8 Å². The molecule has 1 aromatic carbocycles. The van der Waals surface area contributed by atoms with Crippen molar-refractivity contribution in [3.8, 4) is 0 Å². The maximum Gasteiger partial charge on any atom is 0.301 e. The van der Waals surface area contributed by atoms with Crippen LogP contribution >= 0.6 is 0 Å². The summed E-state index contributed by atoms with van der Waals surface area (Å²) in [6.45, 7) is 6.09. The first-order valence-electron chi connectivity index (χ1n) is 7.37. The molecule has 2 rings (SSSR count). The van der Waals surface area contributed by atoms with E-state index in [1.807, 2.05) is 0 Å². The first-order chi connectivity index (χ1) is 10.9. The molecule has 1 aliphatic rings. The Morgan fingerprint density at radius 2 is 1.83 bits per heavy atom. The molecule has 9 heteroatoms. The molecular formula is C14H19N5O4. The predicted molar refractivity (Wildman–Crippen MR) is 86.8 cm³/mol. The fraction of sp³-hybridized carbons (Fsp3) is 0.500. The molecule has 1 saturated heterocycles. The van der Waals surface area contributed by atoms with E-state index in [-0.39, 0.29) is 17.1 Å². The van der Waals surface area contributed by atoms with Crippen LogP contribution in [0.15, 0.2) is 23.3 Å². The molecule has 0 bridgehead atoms. The van der Waals surface area contributed by atoms with Gasteiger partial charge in [-0.15, -0.1) is 0 Å². The highest BCUT2D eigenvalue weighted by Gasteiger charge is 2.20. The summed E-state index contributed by atoms with van der Waals surface area (Å²) in [4.78, 5) is 22.8. The second kappa shape index (κ2) is 7.14. The molecule has 9 nitrogen and oxygen atoms in total. The largest absolute Gasteiger partial charge is 0.301 e. The van der Waals surface area contributed by atoms with Gasteiger partial charge in [-0.3, -0.25) is 25.7 Å². The van der Waals surface area contributed by atoms with Crippen LogP contribution in [0.2, 0.25) is 0 Å². The van der Waals surface area contributed by atoms with E-state index >= 15 is 0 Å². The average molecular weight is 321 g/mol. The van der Waals surface area contributed by atoms with Crippen molar-refractivity contribution in [1.82, 2.24) is 4.90 Å². The lowest BCUT2D eigenvalue weighted by atomic mass is 10.1. The summed E-state index contributed by atoms with van der Waals surface area (Å²) in [6.07, 6.45) is 1.60. The SMILES string of the molecule is CC(C)N1CCC(=NNc2ccc([N+](=O)[O-])cc2[N+](=O)[O-])CC1. The molecule has 124 valence electrons. The van der Waals surface area contributed by atoms with Gasteiger partial charge in [0.15, 0.2) is 0 Å². The maximum absolute atomic E-state index is 11.1. The summed E-state index contributed by atoms with van der Waals surface area (Å²) in [5.74, 6) is 0. The van der Waals surface area contributed by atoms with Crippen molar-refractivity contribution < 1.29 is 9.85 Å². The molecule has 0 spiro atoms. The van der Waals surface area contributed by atoms with E-state index in [4.69, 9.17) is 0 Å². The van der Waals surface area contributed by atoms with E-state index in [9.17, 15) is 20.2 Å². The monoisotopic (exact) mass is 321 g/mol. The van der Waals surface area contributed by atoms with Crippen molar-refractivity contribution in [2.45, 2.75) is 32.7 Å². The van der Waals surface area contributed by atoms with E-state index in [2.05, 4.69) is 29.3 Å². The third kappa shape index (κ3) is 4.22. The summed E-state index contributed by atoms with van der Waals surface area (Å²) in [6, 6.07) is 3.95. The number of nitro benzene ring substituents is 2. The average Bonchev–Trinajstić information content (AvgIpc) is 2.52. The Bertz CT molecular complexity index is 634. The molecule has 1 aromatic rings. The minimum absolute atomic E-state index is 0.152. The molecule has 0 unspecified atom stereocenters. The number of rotatable bonds is 5. The van der Waals surface area contributed by atoms with Gasteiger partial charge in [0.05, 0.1) is 15.9 Å². The fourth-order valence-corrected chi connectivity index (χ4v) is 2.43. The number of likely N-dealkylation sites (tertiary alicyclic amines) is 1. The molecule has 0 amide bonds. The lowest BCUT2D eigenvalue weighted by Gasteiger charge is -2.30. The van der Waals surface area contributed by atoms with E-state index in [0.717, 1.165) is 37.7 Å². The van der Waals surface area contributed by atoms with Crippen LogP contribution in [0, 0.1) is 20.2 Å². The number of hydrazone groups is 1. The highest BCUT2D eigenvalue weighted by Crippen LogP contribution is 2.29. The Labute approximate surface area is 133 Å². The fourth-order valence-electron chi connectivity index (χ4n) is 2.43. The van der Waals surface area contributed by atoms with Crippen molar-refractivity contribution >= 4 is 22.8 Å². The van der Waals surface area contributed by atoms with Crippen LogP contribution in [-0.2, 0) is 0 Å². The summed E-state index contributed by atoms with van der Waals surface area (Å²) in [5.41, 5.74) is 3.09. The van der Waals surface area contributed by atoms with Gasteiger partial charge in [-0.2, -0.15) is 5.10 Å². The third-order valence-electron chi connectivity index (χ3n) is 3.83. The number of non-ortho nitro benzene ring substituents is 1. The lowest BCUT2D eigenvalue weighted by molar-refractivity contribution is -0.393. The minimum atomic E-state index is -0.662. The predicted octanol–water partition coefficient (Wildman–Crippen LogP) is 2.78. The van der Waals surface area contributed by atoms with Crippen molar-refractivity contribution in [3.63, 3.8) is 0 Å². The number of nitro groups is 2. The van der Waals surface area contributed by atoms with Gasteiger partial charge in [-0.05, 0) is 19.9 Å². The molecule has 0 atom stereocenters. The van der Waals surface area contributed by atoms with Gasteiger partial charge in [0.2, 0.25) is 0 Å². The standard InChI is InChI=1S/C14H19N5O4/c1-10(2)17-7-5-11(6-8-17)15-16-13-4-3-12(18(20)21)9-14(13)19(22)23/h3-4,9-10,16H,5-8H2,1-2H3. The molecule has 0 radical (unpaired) electrons. The van der Waals surface area contributed by atoms with Gasteiger partial charge < -0.3 is 4.90 Å². The van der Waals surface area contributed by atoms with E-state index in [1.54, 1.807) is 0 Å². The third-order valence-corrected chi connectivity index (χ3v) is 3.83. The number of piperidine rings is 1. The topological polar surface area (TPSA) is 114 Å². The van der Waals surface area contributed by atoms with Crippen LogP contribution in [0.3, 0.4) is 0 Å². The van der Waals surface area contributed by atoms with E-state index in [1.165, 1.54) is 12.1 Å². The number of hydrogen-bond donors (Lipinski definition) is 1. The smallest absolute Gasteiger partial charge is 0.300 e. The zero-order valence-corrected chi connectivity index (χ0v) is 13.1. The summed E-state index contributed by atoms with van der Waals surface area (Å²) in [7, 11) is 0. The van der Waals surface area contributed by atoms with Crippen LogP contribution in [0.5, 0.6) is 0 Å². The number of anilines is 1. The molecule has 1 aliphatic heterocycles. The summed E-state index contributed by atoms with van der Waals surface area (Å²) in [5, 5.41) is 26.0. The van der Waals surface area contributed by atoms with Gasteiger partial charge in [0.25, 0.3) is 5.69 Å². The van der Waals surface area contributed by atoms with Gasteiger partial charge in [0.1, 0.15) is 5.69 Å². The molecule has 1 heterocycles. The van der Waals surface area contributed by atoms with Crippen molar-refractivity contribution in [2.24, 2.45) is 5.10 Å². The van der Waals surface area contributed by atoms with Gasteiger partial charge >= 0.3 is 5.69 Å². The Morgan fingerprint density at radius 1 is 1.17 bits per heavy atom. The lowest BCUT2D eigenvalue weighted by Crippen LogP contribution is -2.38. The van der Waals surface area contributed by atoms with E-state index in [0.29, 0.717) is 6.04 Å². The minimum Gasteiger partial charge on any atom is -0.300 e. The van der Waals surface area contributed by atoms with Crippen molar-refractivity contribution in [1.29, 1.82) is 0 Å². The number of hydrogen-bond acceptors (Lipinski definition) is 7. The van der Waals surface area contributed by atoms with Crippen LogP contribution in [-0.4, -0.2) is 39.6 Å². The summed E-state index contributed by atoms with van der Waals surface area (Å²) < 4.78 is 0. The second-order valence-corrected chi connectivity index (χ2v) is 5.64. The maximum atomic E-state index is 11.1. The summed E-state index contributed by atoms with van der Waals surface area (Å²) >= 11 is 0. The van der Waals surface area contributed by atoms with Crippen LogP contribution in [0.25, 0.3) is 0 Å². The number of nitrogens with one attached hydrogen (secondary N) is 1. The molecule has 1 N–H and O–H groups in total. The van der Waals surface area contributed by atoms with Crippen molar-refractivity contribution in [2.75, 3.05) is 18.5 Å². The molecule has 0 saturated carbocycles. The highest BCUT2D eigenvalue weighted by molar-refractivity contribution is 5.86. The highest BCUT2D eigenvalue weighted by atomic mass is 16.6. The molecule has 0 aliphatic carbocycles. The Morgan fingerprint density at radius 3 is 2.35 bits per heavy atom. The van der Waals surface area contributed by atoms with Crippen molar-refractivity contribution in [3.05, 3.63) is 38.4 Å². The molecular weight excluding hydrogens is 302 g/mol. The Hall–Kier alpha value is -2.55. The van der Waals surface area contributed by atoms with Crippen LogP contribution < -0.4 is 5.43 Å².